The molecule has 6 heteroatoms. The molecule has 0 radical (unpaired) electrons. The molecule has 0 atom stereocenters. The van der Waals surface area contributed by atoms with Crippen molar-refractivity contribution in [2.45, 2.75) is 13.3 Å². The molecule has 0 aliphatic carbocycles. The van der Waals surface area contributed by atoms with E-state index in [0.717, 1.165) is 22.8 Å². The van der Waals surface area contributed by atoms with E-state index >= 15 is 0 Å². The first-order valence-corrected chi connectivity index (χ1v) is 9.67. The summed E-state index contributed by atoms with van der Waals surface area (Å²) in [6, 6.07) is 19.9. The monoisotopic (exact) mass is 366 g/mol. The molecule has 0 saturated carbocycles. The minimum Gasteiger partial charge on any atom is -0.355 e. The van der Waals surface area contributed by atoms with E-state index in [4.69, 9.17) is 4.99 Å². The van der Waals surface area contributed by atoms with Crippen LogP contribution in [0.5, 0.6) is 0 Å². The molecule has 0 fully saturated rings. The molecular formula is C20H22N4OS. The van der Waals surface area contributed by atoms with Crippen molar-refractivity contribution in [2.75, 3.05) is 23.9 Å². The first-order valence-electron chi connectivity index (χ1n) is 8.68. The van der Waals surface area contributed by atoms with Crippen molar-refractivity contribution in [3.63, 3.8) is 0 Å². The lowest BCUT2D eigenvalue weighted by molar-refractivity contribution is -0.118. The summed E-state index contributed by atoms with van der Waals surface area (Å²) in [6.07, 6.45) is 0.929. The Hall–Kier alpha value is -2.60. The van der Waals surface area contributed by atoms with Crippen LogP contribution in [-0.2, 0) is 4.79 Å². The molecule has 0 aromatic heterocycles. The molecule has 1 amide bonds. The van der Waals surface area contributed by atoms with E-state index in [9.17, 15) is 4.79 Å². The lowest BCUT2D eigenvalue weighted by Crippen LogP contribution is -2.35. The maximum Gasteiger partial charge on any atom is 0.230 e. The van der Waals surface area contributed by atoms with Crippen molar-refractivity contribution < 1.29 is 4.79 Å². The fourth-order valence-corrected chi connectivity index (χ4v) is 3.32. The molecule has 1 aliphatic rings. The Labute approximate surface area is 158 Å². The topological polar surface area (TPSA) is 57.1 Å². The summed E-state index contributed by atoms with van der Waals surface area (Å²) in [4.78, 5) is 23.4. The summed E-state index contributed by atoms with van der Waals surface area (Å²) < 4.78 is 0. The highest BCUT2D eigenvalue weighted by molar-refractivity contribution is 8.14. The number of anilines is 1. The van der Waals surface area contributed by atoms with Crippen molar-refractivity contribution in [1.29, 1.82) is 0 Å². The van der Waals surface area contributed by atoms with Gasteiger partial charge >= 0.3 is 0 Å². The second-order valence-electron chi connectivity index (χ2n) is 5.79. The van der Waals surface area contributed by atoms with Crippen molar-refractivity contribution in [1.82, 2.24) is 5.32 Å². The third kappa shape index (κ3) is 4.73. The standard InChI is InChI=1S/C20H22N4OS/c1-2-13-21-18(25)14-26-20-23-19(16-9-5-3-6-10-16)22-15-24(20)17-11-7-4-8-12-17/h3-12H,2,13-15H2,1H3,(H,21,25). The highest BCUT2D eigenvalue weighted by atomic mass is 32.2. The molecule has 1 N–H and O–H groups in total. The quantitative estimate of drug-likeness (QED) is 0.851. The predicted molar refractivity (Wildman–Crippen MR) is 110 cm³/mol. The molecule has 1 heterocycles. The van der Waals surface area contributed by atoms with Gasteiger partial charge in [0, 0.05) is 17.8 Å². The highest BCUT2D eigenvalue weighted by Gasteiger charge is 2.21. The van der Waals surface area contributed by atoms with Gasteiger partial charge in [-0.05, 0) is 18.6 Å². The minimum absolute atomic E-state index is 0.0244. The Bertz CT molecular complexity index is 790. The van der Waals surface area contributed by atoms with Crippen LogP contribution in [0, 0.1) is 0 Å². The summed E-state index contributed by atoms with van der Waals surface area (Å²) in [5.74, 6) is 1.06. The van der Waals surface area contributed by atoms with Crippen LogP contribution in [0.2, 0.25) is 0 Å². The Kier molecular flexibility index (Phi) is 6.44. The fraction of sp³-hybridized carbons (Fsp3) is 0.250. The lowest BCUT2D eigenvalue weighted by atomic mass is 10.2. The van der Waals surface area contributed by atoms with Gasteiger partial charge in [-0.2, -0.15) is 0 Å². The van der Waals surface area contributed by atoms with Crippen molar-refractivity contribution in [3.05, 3.63) is 66.2 Å². The number of benzene rings is 2. The zero-order valence-corrected chi connectivity index (χ0v) is 15.6. The van der Waals surface area contributed by atoms with Crippen LogP contribution < -0.4 is 10.2 Å². The van der Waals surface area contributed by atoms with Crippen LogP contribution in [0.3, 0.4) is 0 Å². The average molecular weight is 366 g/mol. The van der Waals surface area contributed by atoms with Gasteiger partial charge < -0.3 is 10.2 Å². The van der Waals surface area contributed by atoms with Crippen molar-refractivity contribution >= 4 is 34.4 Å². The van der Waals surface area contributed by atoms with Crippen LogP contribution in [0.4, 0.5) is 5.69 Å². The number of para-hydroxylation sites is 1. The smallest absolute Gasteiger partial charge is 0.230 e. The average Bonchev–Trinajstić information content (AvgIpc) is 2.72. The second-order valence-corrected chi connectivity index (χ2v) is 6.73. The van der Waals surface area contributed by atoms with Crippen LogP contribution in [0.1, 0.15) is 18.9 Å². The van der Waals surface area contributed by atoms with Gasteiger partial charge in [0.1, 0.15) is 6.67 Å². The molecule has 26 heavy (non-hydrogen) atoms. The number of amides is 1. The van der Waals surface area contributed by atoms with Crippen LogP contribution in [0.25, 0.3) is 0 Å². The molecule has 2 aromatic carbocycles. The third-order valence-corrected chi connectivity index (χ3v) is 4.78. The predicted octanol–water partition coefficient (Wildman–Crippen LogP) is 3.53. The summed E-state index contributed by atoms with van der Waals surface area (Å²) in [7, 11) is 0. The Morgan fingerprint density at radius 1 is 1.12 bits per heavy atom. The summed E-state index contributed by atoms with van der Waals surface area (Å²) >= 11 is 1.44. The maximum absolute atomic E-state index is 12.0. The SMILES string of the molecule is CCCNC(=O)CSC1=NC(c2ccccc2)=NCN1c1ccccc1. The number of rotatable bonds is 6. The van der Waals surface area contributed by atoms with Gasteiger partial charge in [0.05, 0.1) is 5.75 Å². The van der Waals surface area contributed by atoms with E-state index in [1.807, 2.05) is 72.5 Å². The summed E-state index contributed by atoms with van der Waals surface area (Å²) in [5, 5.41) is 3.69. The van der Waals surface area contributed by atoms with E-state index < -0.39 is 0 Å². The van der Waals surface area contributed by atoms with Gasteiger partial charge in [-0.15, -0.1) is 0 Å². The zero-order chi connectivity index (χ0) is 18.2. The van der Waals surface area contributed by atoms with Crippen molar-refractivity contribution in [2.24, 2.45) is 9.98 Å². The van der Waals surface area contributed by atoms with Gasteiger partial charge in [-0.25, -0.2) is 9.98 Å². The molecule has 3 rings (SSSR count). The zero-order valence-electron chi connectivity index (χ0n) is 14.8. The first kappa shape index (κ1) is 18.2. The highest BCUT2D eigenvalue weighted by Crippen LogP contribution is 2.23. The largest absolute Gasteiger partial charge is 0.355 e. The number of nitrogens with one attached hydrogen (secondary N) is 1. The van der Waals surface area contributed by atoms with Gasteiger partial charge in [0.25, 0.3) is 0 Å². The number of carbonyl (C=O) groups is 1. The molecule has 1 aliphatic heterocycles. The van der Waals surface area contributed by atoms with Gasteiger partial charge in [-0.3, -0.25) is 4.79 Å². The summed E-state index contributed by atoms with van der Waals surface area (Å²) in [6.45, 7) is 3.22. The minimum atomic E-state index is 0.0244. The second kappa shape index (κ2) is 9.20. The number of aliphatic imine (C=N–C) groups is 2. The molecule has 0 unspecified atom stereocenters. The van der Waals surface area contributed by atoms with Gasteiger partial charge in [0.2, 0.25) is 5.91 Å². The Balaban J connectivity index is 1.80. The van der Waals surface area contributed by atoms with E-state index in [2.05, 4.69) is 10.3 Å². The number of nitrogens with zero attached hydrogens (tertiary/aromatic N) is 3. The first-order chi connectivity index (χ1) is 12.8. The molecule has 134 valence electrons. The molecule has 0 spiro atoms. The molecular weight excluding hydrogens is 344 g/mol. The maximum atomic E-state index is 12.0. The Morgan fingerprint density at radius 2 is 1.81 bits per heavy atom. The number of amidine groups is 2. The van der Waals surface area contributed by atoms with E-state index in [1.165, 1.54) is 11.8 Å². The van der Waals surface area contributed by atoms with Gasteiger partial charge in [0.15, 0.2) is 11.0 Å². The third-order valence-electron chi connectivity index (χ3n) is 3.80. The van der Waals surface area contributed by atoms with Crippen molar-refractivity contribution in [3.8, 4) is 0 Å². The fourth-order valence-electron chi connectivity index (χ4n) is 2.48. The number of hydrogen-bond acceptors (Lipinski definition) is 5. The number of hydrogen-bond donors (Lipinski definition) is 1. The molecule has 0 saturated heterocycles. The van der Waals surface area contributed by atoms with Crippen LogP contribution in [-0.4, -0.2) is 35.9 Å². The molecule has 5 nitrogen and oxygen atoms in total. The number of thioether (sulfide) groups is 1. The Morgan fingerprint density at radius 3 is 2.50 bits per heavy atom. The normalized spacial score (nSPS) is 13.8. The van der Waals surface area contributed by atoms with E-state index in [1.54, 1.807) is 0 Å². The van der Waals surface area contributed by atoms with E-state index in [0.29, 0.717) is 24.8 Å². The molecule has 0 bridgehead atoms. The van der Waals surface area contributed by atoms with Crippen LogP contribution >= 0.6 is 11.8 Å². The summed E-state index contributed by atoms with van der Waals surface area (Å²) in [5.41, 5.74) is 2.00. The number of carbonyl (C=O) groups excluding carboxylic acids is 1. The lowest BCUT2D eigenvalue weighted by Gasteiger charge is -2.27. The van der Waals surface area contributed by atoms with E-state index in [-0.39, 0.29) is 5.91 Å². The van der Waals surface area contributed by atoms with Gasteiger partial charge in [-0.1, -0.05) is 67.2 Å². The molecule has 2 aromatic rings. The van der Waals surface area contributed by atoms with Crippen LogP contribution in [0.15, 0.2) is 70.6 Å².